The smallest absolute Gasteiger partial charge is 0.407 e. The molecule has 1 saturated heterocycles. The van der Waals surface area contributed by atoms with E-state index in [-0.39, 0.29) is 32.7 Å². The molecule has 248 valence electrons. The van der Waals surface area contributed by atoms with Crippen molar-refractivity contribution < 1.29 is 39.2 Å². The van der Waals surface area contributed by atoms with Gasteiger partial charge in [0.25, 0.3) is 5.91 Å². The van der Waals surface area contributed by atoms with Crippen LogP contribution in [0.15, 0.2) is 78.9 Å². The Kier molecular flexibility index (Phi) is 14.8. The number of amides is 2. The molecule has 1 atom stereocenters. The molecule has 1 heterocycles. The molecule has 0 aliphatic carbocycles. The number of piperidine rings is 1. The summed E-state index contributed by atoms with van der Waals surface area (Å²) in [5, 5.41) is 16.2. The summed E-state index contributed by atoms with van der Waals surface area (Å²) in [4.78, 5) is 31.3. The van der Waals surface area contributed by atoms with Crippen molar-refractivity contribution in [1.82, 2.24) is 15.9 Å². The van der Waals surface area contributed by atoms with Crippen LogP contribution < -0.4 is 20.9 Å². The second-order valence-corrected chi connectivity index (χ2v) is 11.3. The van der Waals surface area contributed by atoms with Crippen LogP contribution in [0.5, 0.6) is 5.75 Å². The van der Waals surface area contributed by atoms with Crippen molar-refractivity contribution in [2.24, 2.45) is 5.92 Å². The first kappa shape index (κ1) is 34.9. The van der Waals surface area contributed by atoms with Crippen LogP contribution in [0.25, 0.3) is 11.1 Å². The molecule has 11 heteroatoms. The Morgan fingerprint density at radius 1 is 0.913 bits per heavy atom. The minimum absolute atomic E-state index is 0.122. The lowest BCUT2D eigenvalue weighted by atomic mass is 9.95. The Bertz CT molecular complexity index is 1300. The highest BCUT2D eigenvalue weighted by atomic mass is 16.7. The summed E-state index contributed by atoms with van der Waals surface area (Å²) in [6, 6.07) is 24.2. The van der Waals surface area contributed by atoms with Crippen LogP contribution in [-0.4, -0.2) is 74.9 Å². The molecule has 3 aromatic carbocycles. The lowest BCUT2D eigenvalue weighted by molar-refractivity contribution is -0.664. The Morgan fingerprint density at radius 3 is 2.28 bits per heavy atom. The summed E-state index contributed by atoms with van der Waals surface area (Å²) < 4.78 is 16.4. The van der Waals surface area contributed by atoms with E-state index in [4.69, 9.17) is 19.0 Å². The number of carbonyl (C=O) groups excluding carboxylic acids is 2. The van der Waals surface area contributed by atoms with Crippen LogP contribution >= 0.6 is 0 Å². The number of hydrogen-bond acceptors (Lipinski definition) is 8. The van der Waals surface area contributed by atoms with Gasteiger partial charge in [0.15, 0.2) is 0 Å². The quantitative estimate of drug-likeness (QED) is 0.0945. The molecule has 0 radical (unpaired) electrons. The van der Waals surface area contributed by atoms with Crippen molar-refractivity contribution in [3.8, 4) is 16.9 Å². The van der Waals surface area contributed by atoms with Crippen molar-refractivity contribution in [3.05, 3.63) is 90.0 Å². The monoisotopic (exact) mass is 635 g/mol. The number of nitrogens with two attached hydrogens (primary N) is 1. The largest absolute Gasteiger partial charge is 0.497 e. The lowest BCUT2D eigenvalue weighted by Crippen LogP contribution is -2.86. The number of hydrogen-bond donors (Lipinski definition) is 4. The van der Waals surface area contributed by atoms with E-state index in [1.165, 1.54) is 31.0 Å². The van der Waals surface area contributed by atoms with Crippen molar-refractivity contribution in [1.29, 1.82) is 0 Å². The fourth-order valence-electron chi connectivity index (χ4n) is 5.43. The van der Waals surface area contributed by atoms with Gasteiger partial charge in [-0.25, -0.2) is 10.3 Å². The zero-order valence-corrected chi connectivity index (χ0v) is 26.6. The first-order chi connectivity index (χ1) is 22.6. The van der Waals surface area contributed by atoms with Crippen molar-refractivity contribution in [2.45, 2.75) is 44.9 Å². The predicted molar refractivity (Wildman–Crippen MR) is 173 cm³/mol. The molecule has 46 heavy (non-hydrogen) atoms. The molecule has 0 aromatic heterocycles. The summed E-state index contributed by atoms with van der Waals surface area (Å²) in [7, 11) is 1.64. The average Bonchev–Trinajstić information content (AvgIpc) is 3.11. The Labute approximate surface area is 271 Å². The Balaban J connectivity index is 1.35. The molecule has 0 saturated carbocycles. The average molecular weight is 636 g/mol. The molecule has 1 fully saturated rings. The number of benzene rings is 3. The molecule has 0 bridgehead atoms. The van der Waals surface area contributed by atoms with E-state index in [2.05, 4.69) is 10.6 Å². The van der Waals surface area contributed by atoms with E-state index >= 15 is 0 Å². The molecule has 1 aliphatic rings. The van der Waals surface area contributed by atoms with E-state index < -0.39 is 18.0 Å². The Morgan fingerprint density at radius 2 is 1.61 bits per heavy atom. The van der Waals surface area contributed by atoms with E-state index in [9.17, 15) is 14.8 Å². The predicted octanol–water partition coefficient (Wildman–Crippen LogP) is 3.67. The van der Waals surface area contributed by atoms with Gasteiger partial charge >= 0.3 is 6.09 Å². The summed E-state index contributed by atoms with van der Waals surface area (Å²) in [6.07, 6.45) is 3.03. The van der Waals surface area contributed by atoms with Crippen molar-refractivity contribution in [2.75, 3.05) is 46.6 Å². The van der Waals surface area contributed by atoms with Gasteiger partial charge in [0.2, 0.25) is 0 Å². The van der Waals surface area contributed by atoms with E-state index in [0.29, 0.717) is 19.1 Å². The number of hydroxylamine groups is 3. The summed E-state index contributed by atoms with van der Waals surface area (Å²) >= 11 is 0. The van der Waals surface area contributed by atoms with Crippen LogP contribution in [0.1, 0.15) is 36.8 Å². The maximum atomic E-state index is 12.9. The molecule has 0 unspecified atom stereocenters. The molecule has 1 aliphatic heterocycles. The fourth-order valence-corrected chi connectivity index (χ4v) is 5.43. The third-order valence-electron chi connectivity index (χ3n) is 8.09. The fraction of sp³-hybridized carbons (Fsp3) is 0.429. The number of ether oxygens (including phenoxy) is 3. The van der Waals surface area contributed by atoms with Gasteiger partial charge in [0.05, 0.1) is 33.4 Å². The van der Waals surface area contributed by atoms with Crippen molar-refractivity contribution >= 4 is 12.0 Å². The number of methoxy groups -OCH3 is 1. The molecule has 0 spiro atoms. The van der Waals surface area contributed by atoms with Crippen LogP contribution in [0.3, 0.4) is 0 Å². The number of carbonyl (C=O) groups is 2. The zero-order valence-electron chi connectivity index (χ0n) is 26.6. The number of quaternary nitrogens is 1. The summed E-state index contributed by atoms with van der Waals surface area (Å²) in [5.74, 6) is 0.842. The van der Waals surface area contributed by atoms with E-state index in [1.54, 1.807) is 12.6 Å². The topological polar surface area (TPSA) is 135 Å². The number of rotatable bonds is 18. The molecule has 4 rings (SSSR count). The standard InChI is InChI=1S/C35H46N4O7/c1-43-32-13-11-31(12-14-32)30-9-7-28(8-10-30)25-39(46-24-23-44-22-18-27-15-19-36-20-16-27)33(34(40)38-42)17-21-37-35(41)45-26-29-5-3-2-4-6-29/h2-14,27,33,36,42H,15-26H2,1H3,(H,37,41)(H,38,40)/p+1/t33-/m1/s1. The van der Waals surface area contributed by atoms with Crippen LogP contribution in [0.2, 0.25) is 0 Å². The molecule has 11 nitrogen and oxygen atoms in total. The highest BCUT2D eigenvalue weighted by molar-refractivity contribution is 5.80. The van der Waals surface area contributed by atoms with E-state index in [1.807, 2.05) is 78.9 Å². The normalized spacial score (nSPS) is 14.1. The number of alkyl carbamates (subject to hydrolysis) is 1. The van der Waals surface area contributed by atoms with Gasteiger partial charge in [0.1, 0.15) is 18.4 Å². The van der Waals surface area contributed by atoms with Gasteiger partial charge in [-0.2, -0.15) is 5.06 Å². The number of nitrogens with zero attached hydrogens (tertiary/aromatic N) is 1. The SMILES string of the molecule is COc1ccc(-c2ccc(CN(OCCOCCC3CC[NH2+]CC3)[C@H](CCNC(=O)OCc3ccccc3)C(=O)NO)cc2)cc1. The molecular weight excluding hydrogens is 588 g/mol. The van der Waals surface area contributed by atoms with Crippen molar-refractivity contribution in [3.63, 3.8) is 0 Å². The summed E-state index contributed by atoms with van der Waals surface area (Å²) in [5.41, 5.74) is 5.60. The first-order valence-corrected chi connectivity index (χ1v) is 16.0. The molecule has 5 N–H and O–H groups in total. The summed E-state index contributed by atoms with van der Waals surface area (Å²) in [6.45, 7) is 4.13. The Hall–Kier alpha value is -4.00. The lowest BCUT2D eigenvalue weighted by Gasteiger charge is -2.29. The zero-order chi connectivity index (χ0) is 32.4. The minimum atomic E-state index is -0.904. The second-order valence-electron chi connectivity index (χ2n) is 11.3. The van der Waals surface area contributed by atoms with Gasteiger partial charge in [-0.3, -0.25) is 14.8 Å². The van der Waals surface area contributed by atoms with Crippen LogP contribution in [0, 0.1) is 5.92 Å². The second kappa shape index (κ2) is 19.5. The first-order valence-electron chi connectivity index (χ1n) is 16.0. The van der Waals surface area contributed by atoms with Crippen LogP contribution in [0.4, 0.5) is 4.79 Å². The maximum absolute atomic E-state index is 12.9. The van der Waals surface area contributed by atoms with E-state index in [0.717, 1.165) is 34.4 Å². The van der Waals surface area contributed by atoms with Crippen LogP contribution in [-0.2, 0) is 32.3 Å². The minimum Gasteiger partial charge on any atom is -0.497 e. The van der Waals surface area contributed by atoms with Gasteiger partial charge in [-0.1, -0.05) is 66.7 Å². The molecule has 2 amide bonds. The number of nitrogens with one attached hydrogen (secondary N) is 2. The van der Waals surface area contributed by atoms with Gasteiger partial charge in [-0.05, 0) is 66.0 Å². The highest BCUT2D eigenvalue weighted by Crippen LogP contribution is 2.23. The molecule has 3 aromatic rings. The third-order valence-corrected chi connectivity index (χ3v) is 8.09. The van der Waals surface area contributed by atoms with Gasteiger partial charge < -0.3 is 24.8 Å². The van der Waals surface area contributed by atoms with Gasteiger partial charge in [-0.15, -0.1) is 0 Å². The highest BCUT2D eigenvalue weighted by Gasteiger charge is 2.27. The third kappa shape index (κ3) is 11.7. The maximum Gasteiger partial charge on any atom is 0.407 e. The molecular formula is C35H47N4O7+. The van der Waals surface area contributed by atoms with Gasteiger partial charge in [0, 0.05) is 19.7 Å².